The molecule has 0 spiro atoms. The molecule has 0 aliphatic rings. The Kier molecular flexibility index (Phi) is 3.53. The van der Waals surface area contributed by atoms with E-state index in [1.165, 1.54) is 0 Å². The minimum absolute atomic E-state index is 0.204. The van der Waals surface area contributed by atoms with Crippen LogP contribution in [0.1, 0.15) is 21.5 Å². The lowest BCUT2D eigenvalue weighted by atomic mass is 10.1. The quantitative estimate of drug-likeness (QED) is 0.636. The van der Waals surface area contributed by atoms with Gasteiger partial charge in [0.2, 0.25) is 0 Å². The number of nitrogen functional groups attached to an aromatic ring is 1. The fraction of sp³-hybridized carbons (Fsp3) is 0.0625. The van der Waals surface area contributed by atoms with Crippen molar-refractivity contribution in [1.82, 2.24) is 0 Å². The molecule has 1 amide bonds. The fourth-order valence-electron chi connectivity index (χ4n) is 1.83. The van der Waals surface area contributed by atoms with E-state index in [2.05, 4.69) is 11.2 Å². The molecule has 0 saturated carbocycles. The number of nitrogens with one attached hydrogen (secondary N) is 1. The van der Waals surface area contributed by atoms with Gasteiger partial charge in [-0.25, -0.2) is 0 Å². The summed E-state index contributed by atoms with van der Waals surface area (Å²) in [5.74, 6) is 2.32. The molecule has 2 aromatic carbocycles. The molecule has 3 heteroatoms. The van der Waals surface area contributed by atoms with Gasteiger partial charge in [0, 0.05) is 22.5 Å². The molecular weight excluding hydrogens is 236 g/mol. The molecule has 19 heavy (non-hydrogen) atoms. The highest BCUT2D eigenvalue weighted by Gasteiger charge is 2.07. The average Bonchev–Trinajstić information content (AvgIpc) is 2.37. The summed E-state index contributed by atoms with van der Waals surface area (Å²) < 4.78 is 0. The Balaban J connectivity index is 2.23. The first kappa shape index (κ1) is 12.7. The number of carbonyl (C=O) groups is 1. The maximum atomic E-state index is 12.1. The van der Waals surface area contributed by atoms with Gasteiger partial charge in [-0.1, -0.05) is 12.0 Å². The smallest absolute Gasteiger partial charge is 0.255 e. The second kappa shape index (κ2) is 5.28. The van der Waals surface area contributed by atoms with Gasteiger partial charge in [0.05, 0.1) is 0 Å². The number of hydrogen-bond donors (Lipinski definition) is 2. The summed E-state index contributed by atoms with van der Waals surface area (Å²) in [6.07, 6.45) is 5.32. The number of nitrogens with two attached hydrogens (primary N) is 1. The largest absolute Gasteiger partial charge is 0.399 e. The molecule has 94 valence electrons. The first-order valence-electron chi connectivity index (χ1n) is 5.83. The van der Waals surface area contributed by atoms with E-state index in [1.54, 1.807) is 36.4 Å². The molecule has 0 aromatic heterocycles. The average molecular weight is 250 g/mol. The Morgan fingerprint density at radius 3 is 2.74 bits per heavy atom. The van der Waals surface area contributed by atoms with Crippen LogP contribution in [0.25, 0.3) is 0 Å². The Morgan fingerprint density at radius 2 is 2.05 bits per heavy atom. The van der Waals surface area contributed by atoms with Crippen LogP contribution in [-0.2, 0) is 0 Å². The van der Waals surface area contributed by atoms with Crippen LogP contribution >= 0.6 is 0 Å². The molecule has 3 nitrogen and oxygen atoms in total. The zero-order valence-electron chi connectivity index (χ0n) is 10.6. The summed E-state index contributed by atoms with van der Waals surface area (Å²) in [6.45, 7) is 1.89. The molecule has 0 fully saturated rings. The zero-order chi connectivity index (χ0) is 13.8. The number of terminal acetylenes is 1. The molecule has 2 rings (SSSR count). The van der Waals surface area contributed by atoms with E-state index in [9.17, 15) is 4.79 Å². The van der Waals surface area contributed by atoms with Crippen LogP contribution in [0.2, 0.25) is 0 Å². The van der Waals surface area contributed by atoms with Gasteiger partial charge in [0.25, 0.3) is 5.91 Å². The third kappa shape index (κ3) is 3.14. The van der Waals surface area contributed by atoms with E-state index < -0.39 is 0 Å². The molecule has 0 aliphatic heterocycles. The number of anilines is 2. The molecule has 3 N–H and O–H groups in total. The number of aryl methyl sites for hydroxylation is 1. The van der Waals surface area contributed by atoms with Crippen molar-refractivity contribution in [1.29, 1.82) is 0 Å². The summed E-state index contributed by atoms with van der Waals surface area (Å²) in [6, 6.07) is 12.4. The molecule has 0 atom stereocenters. The normalized spacial score (nSPS) is 9.68. The lowest BCUT2D eigenvalue weighted by Crippen LogP contribution is -2.12. The van der Waals surface area contributed by atoms with Crippen molar-refractivity contribution in [2.45, 2.75) is 6.92 Å². The Labute approximate surface area is 112 Å². The van der Waals surface area contributed by atoms with Crippen LogP contribution in [0.3, 0.4) is 0 Å². The maximum Gasteiger partial charge on any atom is 0.255 e. The molecule has 0 aliphatic carbocycles. The SMILES string of the molecule is C#Cc1cccc(NC(=O)c2cc(C)cc(N)c2)c1. The summed E-state index contributed by atoms with van der Waals surface area (Å²) in [7, 11) is 0. The molecule has 0 unspecified atom stereocenters. The third-order valence-corrected chi connectivity index (χ3v) is 2.65. The van der Waals surface area contributed by atoms with E-state index in [0.29, 0.717) is 16.9 Å². The Hall–Kier alpha value is -2.73. The van der Waals surface area contributed by atoms with Gasteiger partial charge in [0.1, 0.15) is 0 Å². The fourth-order valence-corrected chi connectivity index (χ4v) is 1.83. The topological polar surface area (TPSA) is 55.1 Å². The predicted molar refractivity (Wildman–Crippen MR) is 77.9 cm³/mol. The number of benzene rings is 2. The predicted octanol–water partition coefficient (Wildman–Crippen LogP) is 2.81. The molecule has 0 heterocycles. The highest BCUT2D eigenvalue weighted by molar-refractivity contribution is 6.05. The van der Waals surface area contributed by atoms with Gasteiger partial charge >= 0.3 is 0 Å². The lowest BCUT2D eigenvalue weighted by Gasteiger charge is -2.07. The second-order valence-corrected chi connectivity index (χ2v) is 4.31. The van der Waals surface area contributed by atoms with Gasteiger partial charge in [-0.2, -0.15) is 0 Å². The van der Waals surface area contributed by atoms with E-state index in [4.69, 9.17) is 12.2 Å². The Bertz CT molecular complexity index is 648. The van der Waals surface area contributed by atoms with Crippen molar-refractivity contribution in [2.75, 3.05) is 11.1 Å². The van der Waals surface area contributed by atoms with Gasteiger partial charge in [-0.3, -0.25) is 4.79 Å². The van der Waals surface area contributed by atoms with Gasteiger partial charge < -0.3 is 11.1 Å². The number of carbonyl (C=O) groups excluding carboxylic acids is 1. The standard InChI is InChI=1S/C16H14N2O/c1-3-12-5-4-6-15(9-12)18-16(19)13-7-11(2)8-14(17)10-13/h1,4-10H,17H2,2H3,(H,18,19). The molecule has 0 bridgehead atoms. The summed E-state index contributed by atoms with van der Waals surface area (Å²) in [5, 5.41) is 2.80. The summed E-state index contributed by atoms with van der Waals surface area (Å²) in [4.78, 5) is 12.1. The van der Waals surface area contributed by atoms with Crippen molar-refractivity contribution in [3.63, 3.8) is 0 Å². The van der Waals surface area contributed by atoms with Gasteiger partial charge in [-0.15, -0.1) is 6.42 Å². The zero-order valence-corrected chi connectivity index (χ0v) is 10.6. The second-order valence-electron chi connectivity index (χ2n) is 4.31. The highest BCUT2D eigenvalue weighted by Crippen LogP contribution is 2.15. The van der Waals surface area contributed by atoms with Crippen LogP contribution in [0, 0.1) is 19.3 Å². The summed E-state index contributed by atoms with van der Waals surface area (Å²) in [5.41, 5.74) is 9.17. The number of hydrogen-bond acceptors (Lipinski definition) is 2. The Morgan fingerprint density at radius 1 is 1.26 bits per heavy atom. The molecular formula is C16H14N2O. The maximum absolute atomic E-state index is 12.1. The van der Waals surface area contributed by atoms with E-state index in [-0.39, 0.29) is 5.91 Å². The molecule has 2 aromatic rings. The van der Waals surface area contributed by atoms with Crippen molar-refractivity contribution in [2.24, 2.45) is 0 Å². The highest BCUT2D eigenvalue weighted by atomic mass is 16.1. The number of rotatable bonds is 2. The third-order valence-electron chi connectivity index (χ3n) is 2.65. The first-order valence-corrected chi connectivity index (χ1v) is 5.83. The molecule has 0 saturated heterocycles. The van der Waals surface area contributed by atoms with Crippen LogP contribution in [0.15, 0.2) is 42.5 Å². The lowest BCUT2D eigenvalue weighted by molar-refractivity contribution is 0.102. The van der Waals surface area contributed by atoms with Crippen LogP contribution < -0.4 is 11.1 Å². The minimum Gasteiger partial charge on any atom is -0.399 e. The van der Waals surface area contributed by atoms with Crippen LogP contribution in [0.5, 0.6) is 0 Å². The van der Waals surface area contributed by atoms with Crippen molar-refractivity contribution >= 4 is 17.3 Å². The van der Waals surface area contributed by atoms with E-state index >= 15 is 0 Å². The first-order chi connectivity index (χ1) is 9.08. The minimum atomic E-state index is -0.204. The van der Waals surface area contributed by atoms with E-state index in [1.807, 2.05) is 13.0 Å². The van der Waals surface area contributed by atoms with E-state index in [0.717, 1.165) is 11.1 Å². The van der Waals surface area contributed by atoms with Gasteiger partial charge in [0.15, 0.2) is 0 Å². The molecule has 0 radical (unpaired) electrons. The van der Waals surface area contributed by atoms with Crippen LogP contribution in [0.4, 0.5) is 11.4 Å². The van der Waals surface area contributed by atoms with Crippen LogP contribution in [-0.4, -0.2) is 5.91 Å². The number of amides is 1. The summed E-state index contributed by atoms with van der Waals surface area (Å²) >= 11 is 0. The van der Waals surface area contributed by atoms with Crippen molar-refractivity contribution in [3.05, 3.63) is 59.2 Å². The van der Waals surface area contributed by atoms with Crippen molar-refractivity contribution in [3.8, 4) is 12.3 Å². The monoisotopic (exact) mass is 250 g/mol. The van der Waals surface area contributed by atoms with Crippen molar-refractivity contribution < 1.29 is 4.79 Å². The van der Waals surface area contributed by atoms with Gasteiger partial charge in [-0.05, 0) is 48.9 Å².